The van der Waals surface area contributed by atoms with Crippen molar-refractivity contribution in [3.63, 3.8) is 0 Å². The molecule has 0 unspecified atom stereocenters. The van der Waals surface area contributed by atoms with E-state index in [-0.39, 0.29) is 0 Å². The summed E-state index contributed by atoms with van der Waals surface area (Å²) in [5.74, 6) is 1.36. The average Bonchev–Trinajstić information content (AvgIpc) is 2.52. The maximum atomic E-state index is 11.0. The molecule has 1 heterocycles. The van der Waals surface area contributed by atoms with Crippen LogP contribution in [0.5, 0.6) is 0 Å². The summed E-state index contributed by atoms with van der Waals surface area (Å²) < 4.78 is 2.07. The van der Waals surface area contributed by atoms with Crippen molar-refractivity contribution >= 4 is 5.78 Å². The summed E-state index contributed by atoms with van der Waals surface area (Å²) >= 11 is 0. The van der Waals surface area contributed by atoms with E-state index in [1.807, 2.05) is 20.0 Å². The van der Waals surface area contributed by atoms with Crippen molar-refractivity contribution in [2.24, 2.45) is 0 Å². The lowest BCUT2D eigenvalue weighted by molar-refractivity contribution is -0.118. The van der Waals surface area contributed by atoms with E-state index in [1.54, 1.807) is 6.20 Å². The van der Waals surface area contributed by atoms with Gasteiger partial charge in [-0.1, -0.05) is 6.92 Å². The van der Waals surface area contributed by atoms with Crippen LogP contribution in [0.3, 0.4) is 0 Å². The van der Waals surface area contributed by atoms with E-state index in [9.17, 15) is 4.79 Å². The van der Waals surface area contributed by atoms with Crippen LogP contribution in [0.4, 0.5) is 0 Å². The Hall–Kier alpha value is -1.12. The van der Waals surface area contributed by atoms with Gasteiger partial charge in [-0.05, 0) is 13.3 Å². The van der Waals surface area contributed by atoms with Crippen molar-refractivity contribution in [2.75, 3.05) is 0 Å². The summed E-state index contributed by atoms with van der Waals surface area (Å²) in [6, 6.07) is 0. The highest BCUT2D eigenvalue weighted by Gasteiger charge is 1.99. The molecule has 1 aromatic rings. The lowest BCUT2D eigenvalue weighted by Crippen LogP contribution is -2.02. The van der Waals surface area contributed by atoms with Gasteiger partial charge in [0.25, 0.3) is 0 Å². The number of nitrogens with zero attached hydrogens (tertiary/aromatic N) is 2. The fraction of sp³-hybridized carbons (Fsp3) is 0.600. The first kappa shape index (κ1) is 9.96. The summed E-state index contributed by atoms with van der Waals surface area (Å²) in [6.45, 7) is 4.78. The van der Waals surface area contributed by atoms with Gasteiger partial charge in [0.15, 0.2) is 0 Å². The molecule has 72 valence electrons. The minimum atomic E-state index is 0.345. The highest BCUT2D eigenvalue weighted by molar-refractivity contribution is 5.77. The van der Waals surface area contributed by atoms with E-state index in [0.29, 0.717) is 18.6 Å². The van der Waals surface area contributed by atoms with Crippen LogP contribution in [0.25, 0.3) is 0 Å². The van der Waals surface area contributed by atoms with E-state index in [1.165, 1.54) is 0 Å². The summed E-state index contributed by atoms with van der Waals surface area (Å²) in [6.07, 6.45) is 6.00. The normalized spacial score (nSPS) is 10.3. The third-order valence-electron chi connectivity index (χ3n) is 2.17. The predicted molar refractivity (Wildman–Crippen MR) is 51.5 cm³/mol. The topological polar surface area (TPSA) is 34.9 Å². The second kappa shape index (κ2) is 4.80. The molecule has 0 atom stereocenters. The van der Waals surface area contributed by atoms with E-state index >= 15 is 0 Å². The zero-order chi connectivity index (χ0) is 9.68. The molecule has 0 radical (unpaired) electrons. The molecular weight excluding hydrogens is 164 g/mol. The molecular formula is C10H16N2O. The first-order valence-corrected chi connectivity index (χ1v) is 4.73. The smallest absolute Gasteiger partial charge is 0.132 e. The zero-order valence-electron chi connectivity index (χ0n) is 8.29. The Labute approximate surface area is 78.8 Å². The maximum absolute atomic E-state index is 11.0. The van der Waals surface area contributed by atoms with Gasteiger partial charge in [0.2, 0.25) is 0 Å². The molecule has 13 heavy (non-hydrogen) atoms. The Bertz CT molecular complexity index is 278. The Morgan fingerprint density at radius 2 is 2.38 bits per heavy atom. The van der Waals surface area contributed by atoms with Crippen molar-refractivity contribution in [2.45, 2.75) is 39.7 Å². The number of carbonyl (C=O) groups excluding carboxylic acids is 1. The van der Waals surface area contributed by atoms with E-state index in [2.05, 4.69) is 9.55 Å². The number of imidazole rings is 1. The molecule has 0 aromatic carbocycles. The first-order valence-electron chi connectivity index (χ1n) is 4.73. The van der Waals surface area contributed by atoms with E-state index < -0.39 is 0 Å². The van der Waals surface area contributed by atoms with Gasteiger partial charge in [-0.25, -0.2) is 4.98 Å². The van der Waals surface area contributed by atoms with Gasteiger partial charge in [-0.3, -0.25) is 4.79 Å². The predicted octanol–water partition coefficient (Wildman–Crippen LogP) is 1.95. The van der Waals surface area contributed by atoms with Gasteiger partial charge < -0.3 is 4.57 Å². The standard InChI is InChI=1S/C10H16N2O/c1-3-10(13)5-4-7-12-8-6-11-9(12)2/h6,8H,3-5,7H2,1-2H3. The molecule has 1 rings (SSSR count). The lowest BCUT2D eigenvalue weighted by atomic mass is 10.2. The van der Waals surface area contributed by atoms with Crippen LogP contribution in [-0.4, -0.2) is 15.3 Å². The Morgan fingerprint density at radius 1 is 1.62 bits per heavy atom. The molecule has 0 spiro atoms. The molecule has 3 heteroatoms. The third-order valence-corrected chi connectivity index (χ3v) is 2.17. The lowest BCUT2D eigenvalue weighted by Gasteiger charge is -2.03. The van der Waals surface area contributed by atoms with Crippen molar-refractivity contribution in [3.8, 4) is 0 Å². The highest BCUT2D eigenvalue weighted by Crippen LogP contribution is 2.01. The maximum Gasteiger partial charge on any atom is 0.132 e. The van der Waals surface area contributed by atoms with Gasteiger partial charge in [0.1, 0.15) is 11.6 Å². The van der Waals surface area contributed by atoms with E-state index in [0.717, 1.165) is 18.8 Å². The molecule has 0 N–H and O–H groups in total. The molecule has 0 fully saturated rings. The summed E-state index contributed by atoms with van der Waals surface area (Å²) in [4.78, 5) is 15.1. The molecule has 0 saturated heterocycles. The van der Waals surface area contributed by atoms with Crippen LogP contribution in [0.15, 0.2) is 12.4 Å². The van der Waals surface area contributed by atoms with E-state index in [4.69, 9.17) is 0 Å². The monoisotopic (exact) mass is 180 g/mol. The minimum Gasteiger partial charge on any atom is -0.335 e. The van der Waals surface area contributed by atoms with Crippen LogP contribution in [0.1, 0.15) is 32.0 Å². The number of hydrogen-bond acceptors (Lipinski definition) is 2. The zero-order valence-corrected chi connectivity index (χ0v) is 8.29. The molecule has 0 aliphatic rings. The third kappa shape index (κ3) is 3.01. The first-order chi connectivity index (χ1) is 6.24. The van der Waals surface area contributed by atoms with Gasteiger partial charge in [0.05, 0.1) is 0 Å². The molecule has 0 amide bonds. The summed E-state index contributed by atoms with van der Waals surface area (Å²) in [5, 5.41) is 0. The summed E-state index contributed by atoms with van der Waals surface area (Å²) in [7, 11) is 0. The fourth-order valence-corrected chi connectivity index (χ4v) is 1.26. The highest BCUT2D eigenvalue weighted by atomic mass is 16.1. The molecule has 0 bridgehead atoms. The second-order valence-electron chi connectivity index (χ2n) is 3.16. The number of carbonyl (C=O) groups is 1. The van der Waals surface area contributed by atoms with Crippen molar-refractivity contribution < 1.29 is 4.79 Å². The quantitative estimate of drug-likeness (QED) is 0.694. The van der Waals surface area contributed by atoms with Crippen molar-refractivity contribution in [3.05, 3.63) is 18.2 Å². The molecule has 3 nitrogen and oxygen atoms in total. The number of aryl methyl sites for hydroxylation is 2. The van der Waals surface area contributed by atoms with Crippen LogP contribution < -0.4 is 0 Å². The molecule has 0 saturated carbocycles. The number of ketones is 1. The Morgan fingerprint density at radius 3 is 2.92 bits per heavy atom. The van der Waals surface area contributed by atoms with Crippen LogP contribution in [0.2, 0.25) is 0 Å². The number of Topliss-reactive ketones (excluding diaryl/α,β-unsaturated/α-hetero) is 1. The van der Waals surface area contributed by atoms with Crippen LogP contribution in [0, 0.1) is 6.92 Å². The number of aromatic nitrogens is 2. The minimum absolute atomic E-state index is 0.345. The van der Waals surface area contributed by atoms with Gasteiger partial charge in [-0.2, -0.15) is 0 Å². The number of hydrogen-bond donors (Lipinski definition) is 0. The Balaban J connectivity index is 2.28. The summed E-state index contributed by atoms with van der Waals surface area (Å²) in [5.41, 5.74) is 0. The molecule has 0 aliphatic carbocycles. The van der Waals surface area contributed by atoms with Crippen LogP contribution in [-0.2, 0) is 11.3 Å². The average molecular weight is 180 g/mol. The van der Waals surface area contributed by atoms with Crippen molar-refractivity contribution in [1.82, 2.24) is 9.55 Å². The largest absolute Gasteiger partial charge is 0.335 e. The number of rotatable bonds is 5. The van der Waals surface area contributed by atoms with Crippen molar-refractivity contribution in [1.29, 1.82) is 0 Å². The van der Waals surface area contributed by atoms with Crippen LogP contribution >= 0.6 is 0 Å². The van der Waals surface area contributed by atoms with Gasteiger partial charge in [-0.15, -0.1) is 0 Å². The Kier molecular flexibility index (Phi) is 3.68. The second-order valence-corrected chi connectivity index (χ2v) is 3.16. The van der Waals surface area contributed by atoms with Gasteiger partial charge in [0, 0.05) is 31.8 Å². The SMILES string of the molecule is CCC(=O)CCCn1ccnc1C. The van der Waals surface area contributed by atoms with Gasteiger partial charge >= 0.3 is 0 Å². The molecule has 0 aliphatic heterocycles. The molecule has 1 aromatic heterocycles. The fourth-order valence-electron chi connectivity index (χ4n) is 1.26.